The second-order valence-corrected chi connectivity index (χ2v) is 7.92. The van der Waals surface area contributed by atoms with E-state index in [1.807, 2.05) is 0 Å². The molecule has 0 saturated carbocycles. The van der Waals surface area contributed by atoms with Crippen LogP contribution in [0.2, 0.25) is 0 Å². The molecule has 2 aromatic rings. The summed E-state index contributed by atoms with van der Waals surface area (Å²) in [5.74, 6) is -2.12. The highest BCUT2D eigenvalue weighted by Crippen LogP contribution is 2.08. The van der Waals surface area contributed by atoms with Crippen molar-refractivity contribution >= 4 is 21.7 Å². The number of nitrogens with zero attached hydrogens (tertiary/aromatic N) is 1. The van der Waals surface area contributed by atoms with Crippen LogP contribution in [0.25, 0.3) is 0 Å². The minimum absolute atomic E-state index is 0.253. The van der Waals surface area contributed by atoms with Gasteiger partial charge in [-0.2, -0.15) is 5.26 Å². The molecule has 0 radical (unpaired) electrons. The Labute approximate surface area is 157 Å². The van der Waals surface area contributed by atoms with Crippen LogP contribution in [0.15, 0.2) is 60.7 Å². The standard InChI is InChI=1S/C19H19N3O4S/c20-11-12-21-19(24)17(22-18(23)16-9-5-2-6-10-16)14-27(25,26)13-15-7-3-1-4-8-15/h1-10,17H,12-14H2,(H,21,24)(H,22,23)/t17-/m0/s1. The molecule has 27 heavy (non-hydrogen) atoms. The molecule has 0 unspecified atom stereocenters. The first-order valence-electron chi connectivity index (χ1n) is 8.16. The fourth-order valence-corrected chi connectivity index (χ4v) is 3.97. The van der Waals surface area contributed by atoms with Gasteiger partial charge in [-0.15, -0.1) is 0 Å². The second-order valence-electron chi connectivity index (χ2n) is 5.81. The Morgan fingerprint density at radius 2 is 1.59 bits per heavy atom. The summed E-state index contributed by atoms with van der Waals surface area (Å²) in [4.78, 5) is 24.6. The van der Waals surface area contributed by atoms with E-state index in [2.05, 4.69) is 10.6 Å². The number of rotatable bonds is 8. The Bertz CT molecular complexity index is 922. The average molecular weight is 385 g/mol. The number of nitriles is 1. The van der Waals surface area contributed by atoms with Gasteiger partial charge < -0.3 is 10.6 Å². The lowest BCUT2D eigenvalue weighted by Crippen LogP contribution is -2.50. The quantitative estimate of drug-likeness (QED) is 0.659. The first-order chi connectivity index (χ1) is 12.9. The van der Waals surface area contributed by atoms with Gasteiger partial charge in [-0.3, -0.25) is 9.59 Å². The van der Waals surface area contributed by atoms with Crippen LogP contribution in [-0.4, -0.2) is 38.6 Å². The molecule has 2 N–H and O–H groups in total. The van der Waals surface area contributed by atoms with Crippen molar-refractivity contribution in [3.05, 3.63) is 71.8 Å². The fraction of sp³-hybridized carbons (Fsp3) is 0.211. The molecule has 2 rings (SSSR count). The summed E-state index contributed by atoms with van der Waals surface area (Å²) >= 11 is 0. The van der Waals surface area contributed by atoms with Crippen molar-refractivity contribution in [1.82, 2.24) is 10.6 Å². The van der Waals surface area contributed by atoms with E-state index in [0.717, 1.165) is 0 Å². The number of hydrogen-bond acceptors (Lipinski definition) is 5. The van der Waals surface area contributed by atoms with E-state index in [1.54, 1.807) is 66.7 Å². The molecule has 0 aliphatic rings. The van der Waals surface area contributed by atoms with E-state index >= 15 is 0 Å². The Hall–Kier alpha value is -3.18. The Balaban J connectivity index is 2.15. The largest absolute Gasteiger partial charge is 0.341 e. The molecule has 0 saturated heterocycles. The van der Waals surface area contributed by atoms with Crippen LogP contribution in [0.5, 0.6) is 0 Å². The third-order valence-corrected chi connectivity index (χ3v) is 5.26. The van der Waals surface area contributed by atoms with Crippen LogP contribution in [-0.2, 0) is 20.4 Å². The Morgan fingerprint density at radius 1 is 1.00 bits per heavy atom. The normalized spacial score (nSPS) is 11.8. The lowest BCUT2D eigenvalue weighted by atomic mass is 10.2. The number of carbonyl (C=O) groups is 2. The zero-order valence-corrected chi connectivity index (χ0v) is 15.3. The topological polar surface area (TPSA) is 116 Å². The minimum atomic E-state index is -3.69. The number of carbonyl (C=O) groups excluding carboxylic acids is 2. The van der Waals surface area contributed by atoms with E-state index in [0.29, 0.717) is 11.1 Å². The van der Waals surface area contributed by atoms with Gasteiger partial charge in [-0.1, -0.05) is 48.5 Å². The highest BCUT2D eigenvalue weighted by atomic mass is 32.2. The maximum absolute atomic E-state index is 12.5. The third-order valence-electron chi connectivity index (χ3n) is 3.65. The van der Waals surface area contributed by atoms with Gasteiger partial charge in [0.2, 0.25) is 5.91 Å². The van der Waals surface area contributed by atoms with E-state index in [-0.39, 0.29) is 12.3 Å². The lowest BCUT2D eigenvalue weighted by molar-refractivity contribution is -0.122. The van der Waals surface area contributed by atoms with Crippen LogP contribution < -0.4 is 10.6 Å². The average Bonchev–Trinajstić information content (AvgIpc) is 2.66. The zero-order valence-electron chi connectivity index (χ0n) is 14.5. The third kappa shape index (κ3) is 6.56. The van der Waals surface area contributed by atoms with Crippen molar-refractivity contribution < 1.29 is 18.0 Å². The van der Waals surface area contributed by atoms with Crippen molar-refractivity contribution in [3.63, 3.8) is 0 Å². The van der Waals surface area contributed by atoms with Crippen LogP contribution in [0.4, 0.5) is 0 Å². The molecule has 0 heterocycles. The summed E-state index contributed by atoms with van der Waals surface area (Å²) in [7, 11) is -3.69. The van der Waals surface area contributed by atoms with Gasteiger partial charge in [0.05, 0.1) is 17.6 Å². The van der Waals surface area contributed by atoms with Crippen LogP contribution in [0.3, 0.4) is 0 Å². The molecule has 140 valence electrons. The van der Waals surface area contributed by atoms with Crippen LogP contribution in [0, 0.1) is 11.3 Å². The molecule has 0 aliphatic heterocycles. The fourth-order valence-electron chi connectivity index (χ4n) is 2.40. The van der Waals surface area contributed by atoms with Gasteiger partial charge in [0.15, 0.2) is 9.84 Å². The van der Waals surface area contributed by atoms with Gasteiger partial charge >= 0.3 is 0 Å². The van der Waals surface area contributed by atoms with Crippen LogP contribution >= 0.6 is 0 Å². The number of amides is 2. The molecule has 2 amide bonds. The second kappa shape index (κ2) is 9.50. The molecule has 2 aromatic carbocycles. The van der Waals surface area contributed by atoms with Crippen LogP contribution in [0.1, 0.15) is 15.9 Å². The van der Waals surface area contributed by atoms with E-state index in [1.165, 1.54) is 0 Å². The van der Waals surface area contributed by atoms with Crippen molar-refractivity contribution in [3.8, 4) is 6.07 Å². The Kier molecular flexibility index (Phi) is 7.08. The summed E-state index contributed by atoms with van der Waals surface area (Å²) in [5, 5.41) is 13.4. The molecular weight excluding hydrogens is 366 g/mol. The monoisotopic (exact) mass is 385 g/mol. The summed E-state index contributed by atoms with van der Waals surface area (Å²) in [6.45, 7) is -0.282. The molecule has 0 fully saturated rings. The SMILES string of the molecule is N#CCNC(=O)[C@H](CS(=O)(=O)Cc1ccccc1)NC(=O)c1ccccc1. The smallest absolute Gasteiger partial charge is 0.251 e. The molecule has 0 bridgehead atoms. The van der Waals surface area contributed by atoms with Gasteiger partial charge in [-0.05, 0) is 17.7 Å². The first kappa shape index (κ1) is 20.1. The minimum Gasteiger partial charge on any atom is -0.341 e. The summed E-state index contributed by atoms with van der Waals surface area (Å²) in [5.41, 5.74) is 0.888. The molecule has 7 nitrogen and oxygen atoms in total. The van der Waals surface area contributed by atoms with Crippen molar-refractivity contribution in [1.29, 1.82) is 5.26 Å². The predicted molar refractivity (Wildman–Crippen MR) is 100 cm³/mol. The predicted octanol–water partition coefficient (Wildman–Crippen LogP) is 1.04. The van der Waals surface area contributed by atoms with E-state index in [4.69, 9.17) is 5.26 Å². The summed E-state index contributed by atoms with van der Waals surface area (Å²) in [6, 6.07) is 17.2. The molecule has 0 aromatic heterocycles. The summed E-state index contributed by atoms with van der Waals surface area (Å²) in [6.07, 6.45) is 0. The number of hydrogen-bond donors (Lipinski definition) is 2. The maximum atomic E-state index is 12.5. The number of nitrogens with one attached hydrogen (secondary N) is 2. The summed E-state index contributed by atoms with van der Waals surface area (Å²) < 4.78 is 25.0. The molecule has 0 spiro atoms. The lowest BCUT2D eigenvalue weighted by Gasteiger charge is -2.18. The molecular formula is C19H19N3O4S. The zero-order chi connectivity index (χ0) is 19.7. The highest BCUT2D eigenvalue weighted by Gasteiger charge is 2.27. The van der Waals surface area contributed by atoms with E-state index < -0.39 is 33.4 Å². The van der Waals surface area contributed by atoms with Gasteiger partial charge in [0, 0.05) is 5.56 Å². The Morgan fingerprint density at radius 3 is 2.19 bits per heavy atom. The van der Waals surface area contributed by atoms with E-state index in [9.17, 15) is 18.0 Å². The number of sulfone groups is 1. The van der Waals surface area contributed by atoms with Gasteiger partial charge in [-0.25, -0.2) is 8.42 Å². The van der Waals surface area contributed by atoms with Gasteiger partial charge in [0.1, 0.15) is 12.6 Å². The molecule has 8 heteroatoms. The number of benzene rings is 2. The highest BCUT2D eigenvalue weighted by molar-refractivity contribution is 7.90. The maximum Gasteiger partial charge on any atom is 0.251 e. The molecule has 1 atom stereocenters. The molecule has 0 aliphatic carbocycles. The van der Waals surface area contributed by atoms with Crippen molar-refractivity contribution in [2.75, 3.05) is 12.3 Å². The van der Waals surface area contributed by atoms with Gasteiger partial charge in [0.25, 0.3) is 5.91 Å². The van der Waals surface area contributed by atoms with Crippen molar-refractivity contribution in [2.24, 2.45) is 0 Å². The first-order valence-corrected chi connectivity index (χ1v) is 9.98. The van der Waals surface area contributed by atoms with Crippen molar-refractivity contribution in [2.45, 2.75) is 11.8 Å².